The van der Waals surface area contributed by atoms with Crippen LogP contribution in [0.2, 0.25) is 0 Å². The van der Waals surface area contributed by atoms with Crippen LogP contribution in [0.5, 0.6) is 0 Å². The highest BCUT2D eigenvalue weighted by Crippen LogP contribution is 2.44. The maximum atomic E-state index is 6.28. The number of fused-ring (bicyclic) bond motifs is 10. The van der Waals surface area contributed by atoms with Crippen LogP contribution in [0.25, 0.3) is 109 Å². The summed E-state index contributed by atoms with van der Waals surface area (Å²) in [5.74, 6) is 0.658. The lowest BCUT2D eigenvalue weighted by Gasteiger charge is -2.14. The van der Waals surface area contributed by atoms with Crippen LogP contribution in [0.15, 0.2) is 168 Å². The predicted molar refractivity (Wildman–Crippen MR) is 217 cm³/mol. The largest absolute Gasteiger partial charge is 0.456 e. The molecule has 0 atom stereocenters. The third-order valence-electron chi connectivity index (χ3n) is 10.1. The van der Waals surface area contributed by atoms with E-state index >= 15 is 0 Å². The Morgan fingerprint density at radius 2 is 1.13 bits per heavy atom. The number of benzene rings is 7. The van der Waals surface area contributed by atoms with Crippen LogP contribution in [-0.2, 0) is 0 Å². The normalized spacial score (nSPS) is 11.8. The molecule has 0 N–H and O–H groups in total. The molecule has 0 aliphatic carbocycles. The molecule has 0 radical (unpaired) electrons. The molecule has 0 bridgehead atoms. The monoisotopic (exact) mass is 681 g/mol. The first kappa shape index (κ1) is 29.1. The number of pyridine rings is 1. The molecule has 4 nitrogen and oxygen atoms in total. The number of thiophene rings is 1. The van der Waals surface area contributed by atoms with E-state index in [1.807, 2.05) is 41.7 Å². The third-order valence-corrected chi connectivity index (χ3v) is 11.2. The van der Waals surface area contributed by atoms with Crippen LogP contribution in [0.3, 0.4) is 0 Å². The first-order valence-corrected chi connectivity index (χ1v) is 18.2. The van der Waals surface area contributed by atoms with E-state index in [2.05, 4.69) is 133 Å². The van der Waals surface area contributed by atoms with Crippen molar-refractivity contribution in [3.8, 4) is 45.2 Å². The van der Waals surface area contributed by atoms with Crippen molar-refractivity contribution in [3.63, 3.8) is 0 Å². The van der Waals surface area contributed by atoms with E-state index in [1.54, 1.807) is 0 Å². The molecule has 11 aromatic rings. The van der Waals surface area contributed by atoms with Crippen molar-refractivity contribution < 1.29 is 4.42 Å². The third kappa shape index (κ3) is 4.50. The second-order valence-corrected chi connectivity index (χ2v) is 14.2. The molecule has 7 aromatic carbocycles. The Labute approximate surface area is 302 Å². The SMILES string of the molecule is c1ccc(-c2cc(-c3cccc4oc5ccccc5c34)nc(-c3ccc4nc(-c5ccccc5)c5ccc6sc7ccccc7c6c5c4c3)n2)cc1. The summed E-state index contributed by atoms with van der Waals surface area (Å²) >= 11 is 1.84. The van der Waals surface area contributed by atoms with Gasteiger partial charge in [0.1, 0.15) is 11.2 Å². The molecule has 0 aliphatic heterocycles. The van der Waals surface area contributed by atoms with E-state index in [4.69, 9.17) is 19.4 Å². The first-order valence-electron chi connectivity index (χ1n) is 17.4. The highest BCUT2D eigenvalue weighted by atomic mass is 32.1. The van der Waals surface area contributed by atoms with Crippen molar-refractivity contribution in [2.24, 2.45) is 0 Å². The summed E-state index contributed by atoms with van der Waals surface area (Å²) in [5, 5.41) is 8.06. The van der Waals surface area contributed by atoms with Crippen molar-refractivity contribution in [2.75, 3.05) is 0 Å². The van der Waals surface area contributed by atoms with Crippen LogP contribution >= 0.6 is 11.3 Å². The fourth-order valence-electron chi connectivity index (χ4n) is 7.72. The van der Waals surface area contributed by atoms with Gasteiger partial charge >= 0.3 is 0 Å². The minimum Gasteiger partial charge on any atom is -0.456 e. The molecule has 5 heteroatoms. The van der Waals surface area contributed by atoms with Crippen molar-refractivity contribution in [1.29, 1.82) is 0 Å². The average Bonchev–Trinajstić information content (AvgIpc) is 3.79. The van der Waals surface area contributed by atoms with Crippen LogP contribution in [0.1, 0.15) is 0 Å². The molecular formula is C47H27N3OS. The molecule has 4 aromatic heterocycles. The lowest BCUT2D eigenvalue weighted by atomic mass is 9.95. The lowest BCUT2D eigenvalue weighted by Crippen LogP contribution is -1.97. The topological polar surface area (TPSA) is 51.8 Å². The second-order valence-electron chi connectivity index (χ2n) is 13.1. The first-order chi connectivity index (χ1) is 25.8. The summed E-state index contributed by atoms with van der Waals surface area (Å²) in [7, 11) is 0. The van der Waals surface area contributed by atoms with E-state index in [0.717, 1.165) is 77.6 Å². The summed E-state index contributed by atoms with van der Waals surface area (Å²) in [4.78, 5) is 15.9. The van der Waals surface area contributed by atoms with Crippen molar-refractivity contribution in [1.82, 2.24) is 15.0 Å². The van der Waals surface area contributed by atoms with Gasteiger partial charge in [0.25, 0.3) is 0 Å². The van der Waals surface area contributed by atoms with Crippen LogP contribution < -0.4 is 0 Å². The number of hydrogen-bond donors (Lipinski definition) is 0. The number of nitrogens with zero attached hydrogens (tertiary/aromatic N) is 3. The Hall–Kier alpha value is -6.69. The van der Waals surface area contributed by atoms with Gasteiger partial charge in [-0.1, -0.05) is 115 Å². The van der Waals surface area contributed by atoms with Gasteiger partial charge in [0.2, 0.25) is 0 Å². The summed E-state index contributed by atoms with van der Waals surface area (Å²) in [6.45, 7) is 0. The zero-order valence-electron chi connectivity index (χ0n) is 27.7. The standard InChI is InChI=1S/C47H27N3OS/c1-3-12-28(13-4-1)37-27-38(31-18-11-20-40-43(31)32-16-7-9-19-39(32)51-40)50-47(49-37)30-22-24-36-35(26-30)44-34(46(48-36)29-14-5-2-6-15-29)23-25-42-45(44)33-17-8-10-21-41(33)52-42/h1-27H. The van der Waals surface area contributed by atoms with Gasteiger partial charge in [0.15, 0.2) is 5.82 Å². The molecule has 0 saturated heterocycles. The smallest absolute Gasteiger partial charge is 0.160 e. The molecule has 0 fully saturated rings. The molecule has 0 saturated carbocycles. The molecule has 4 heterocycles. The van der Waals surface area contributed by atoms with Gasteiger partial charge in [-0.2, -0.15) is 0 Å². The van der Waals surface area contributed by atoms with Gasteiger partial charge in [0, 0.05) is 69.4 Å². The fraction of sp³-hybridized carbons (Fsp3) is 0. The van der Waals surface area contributed by atoms with Gasteiger partial charge in [-0.15, -0.1) is 11.3 Å². The Morgan fingerprint density at radius 1 is 0.404 bits per heavy atom. The molecule has 0 spiro atoms. The molecule has 11 rings (SSSR count). The van der Waals surface area contributed by atoms with Gasteiger partial charge in [-0.3, -0.25) is 0 Å². The predicted octanol–water partition coefficient (Wildman–Crippen LogP) is 13.1. The van der Waals surface area contributed by atoms with E-state index in [9.17, 15) is 0 Å². The number of rotatable bonds is 4. The lowest BCUT2D eigenvalue weighted by molar-refractivity contribution is 0.669. The van der Waals surface area contributed by atoms with Gasteiger partial charge in [0.05, 0.1) is 22.6 Å². The summed E-state index contributed by atoms with van der Waals surface area (Å²) in [5.41, 5.74) is 9.39. The molecule has 0 amide bonds. The summed E-state index contributed by atoms with van der Waals surface area (Å²) in [6.07, 6.45) is 0. The molecular weight excluding hydrogens is 655 g/mol. The Morgan fingerprint density at radius 3 is 2.00 bits per heavy atom. The van der Waals surface area contributed by atoms with Gasteiger partial charge < -0.3 is 4.42 Å². The molecule has 52 heavy (non-hydrogen) atoms. The Bertz CT molecular complexity index is 3180. The maximum absolute atomic E-state index is 6.28. The minimum absolute atomic E-state index is 0.658. The number of hydrogen-bond acceptors (Lipinski definition) is 5. The Balaban J connectivity index is 1.21. The summed E-state index contributed by atoms with van der Waals surface area (Å²) in [6, 6.07) is 57.0. The Kier molecular flexibility index (Phi) is 6.39. The number of furan rings is 1. The molecule has 0 aliphatic rings. The zero-order valence-corrected chi connectivity index (χ0v) is 28.6. The average molecular weight is 682 g/mol. The van der Waals surface area contributed by atoms with Crippen molar-refractivity contribution in [3.05, 3.63) is 164 Å². The van der Waals surface area contributed by atoms with Crippen molar-refractivity contribution in [2.45, 2.75) is 0 Å². The van der Waals surface area contributed by atoms with E-state index in [0.29, 0.717) is 5.82 Å². The van der Waals surface area contributed by atoms with Crippen LogP contribution in [-0.4, -0.2) is 15.0 Å². The van der Waals surface area contributed by atoms with Crippen LogP contribution in [0.4, 0.5) is 0 Å². The molecule has 242 valence electrons. The van der Waals surface area contributed by atoms with Gasteiger partial charge in [-0.05, 0) is 48.5 Å². The maximum Gasteiger partial charge on any atom is 0.160 e. The van der Waals surface area contributed by atoms with E-state index in [-0.39, 0.29) is 0 Å². The summed E-state index contributed by atoms with van der Waals surface area (Å²) < 4.78 is 8.82. The fourth-order valence-corrected chi connectivity index (χ4v) is 8.84. The highest BCUT2D eigenvalue weighted by molar-refractivity contribution is 7.26. The zero-order chi connectivity index (χ0) is 34.2. The quantitative estimate of drug-likeness (QED) is 0.174. The number of para-hydroxylation sites is 1. The highest BCUT2D eigenvalue weighted by Gasteiger charge is 2.20. The van der Waals surface area contributed by atoms with Gasteiger partial charge in [-0.25, -0.2) is 15.0 Å². The minimum atomic E-state index is 0.658. The van der Waals surface area contributed by atoms with E-state index in [1.165, 1.54) is 25.6 Å². The molecule has 0 unspecified atom stereocenters. The van der Waals surface area contributed by atoms with Crippen molar-refractivity contribution >= 4 is 75.1 Å². The number of aromatic nitrogens is 3. The van der Waals surface area contributed by atoms with Crippen LogP contribution in [0, 0.1) is 0 Å². The second kappa shape index (κ2) is 11.4. The van der Waals surface area contributed by atoms with E-state index < -0.39 is 0 Å².